The number of unbranched alkanes of at least 4 members (excludes halogenated alkanes) is 1. The Labute approximate surface area is 150 Å². The average molecular weight is 341 g/mol. The molecule has 0 amide bonds. The molecule has 1 saturated carbocycles. The van der Waals surface area contributed by atoms with Crippen molar-refractivity contribution < 1.29 is 0 Å². The summed E-state index contributed by atoms with van der Waals surface area (Å²) in [7, 11) is 2.18. The molecule has 24 heavy (non-hydrogen) atoms. The summed E-state index contributed by atoms with van der Waals surface area (Å²) >= 11 is 6.03. The number of rotatable bonds is 8. The van der Waals surface area contributed by atoms with E-state index >= 15 is 0 Å². The van der Waals surface area contributed by atoms with Gasteiger partial charge in [-0.25, -0.2) is 0 Å². The highest BCUT2D eigenvalue weighted by Crippen LogP contribution is 2.25. The fourth-order valence-electron chi connectivity index (χ4n) is 2.92. The molecule has 1 N–H and O–H groups in total. The van der Waals surface area contributed by atoms with E-state index in [0.717, 1.165) is 47.7 Å². The minimum absolute atomic E-state index is 0.722. The Morgan fingerprint density at radius 1 is 1.12 bits per heavy atom. The van der Waals surface area contributed by atoms with Crippen molar-refractivity contribution in [2.24, 2.45) is 0 Å². The molecule has 4 heteroatoms. The van der Waals surface area contributed by atoms with Gasteiger partial charge >= 0.3 is 0 Å². The molecule has 1 aliphatic carbocycles. The van der Waals surface area contributed by atoms with Gasteiger partial charge in [0.2, 0.25) is 0 Å². The monoisotopic (exact) mass is 340 g/mol. The molecule has 1 fully saturated rings. The minimum atomic E-state index is 0.722. The molecule has 3 nitrogen and oxygen atoms in total. The maximum Gasteiger partial charge on any atom is 0.0737 e. The number of halogens is 1. The molecular formula is C20H23ClN3. The number of aromatic nitrogens is 1. The average Bonchev–Trinajstić information content (AvgIpc) is 3.07. The molecule has 0 saturated heterocycles. The summed E-state index contributed by atoms with van der Waals surface area (Å²) in [6.45, 7) is 3.10. The normalized spacial score (nSPS) is 15.5. The lowest BCUT2D eigenvalue weighted by Gasteiger charge is -2.20. The largest absolute Gasteiger partial charge is 0.384 e. The summed E-state index contributed by atoms with van der Waals surface area (Å²) in [6.07, 6.45) is 12.7. The molecule has 125 valence electrons. The first-order valence-corrected chi connectivity index (χ1v) is 8.77. The second-order valence-electron chi connectivity index (χ2n) is 6.18. The molecule has 0 bridgehead atoms. The van der Waals surface area contributed by atoms with Crippen LogP contribution >= 0.6 is 11.6 Å². The van der Waals surface area contributed by atoms with Gasteiger partial charge in [0.15, 0.2) is 0 Å². The first-order chi connectivity index (χ1) is 11.7. The van der Waals surface area contributed by atoms with Gasteiger partial charge in [-0.2, -0.15) is 0 Å². The maximum absolute atomic E-state index is 6.03. The van der Waals surface area contributed by atoms with Gasteiger partial charge in [0.05, 0.1) is 5.52 Å². The molecular weight excluding hydrogens is 318 g/mol. The van der Waals surface area contributed by atoms with Gasteiger partial charge in [0.25, 0.3) is 0 Å². The number of benzene rings is 1. The van der Waals surface area contributed by atoms with Crippen LogP contribution in [-0.4, -0.2) is 36.6 Å². The van der Waals surface area contributed by atoms with Crippen LogP contribution < -0.4 is 5.32 Å². The lowest BCUT2D eigenvalue weighted by molar-refractivity contribution is 0.344. The van der Waals surface area contributed by atoms with E-state index in [-0.39, 0.29) is 0 Å². The Kier molecular flexibility index (Phi) is 6.33. The molecule has 2 aromatic rings. The van der Waals surface area contributed by atoms with E-state index in [1.807, 2.05) is 30.5 Å². The van der Waals surface area contributed by atoms with Gasteiger partial charge in [-0.3, -0.25) is 4.98 Å². The summed E-state index contributed by atoms with van der Waals surface area (Å²) in [6, 6.07) is 7.87. The Balaban J connectivity index is 1.40. The highest BCUT2D eigenvalue weighted by Gasteiger charge is 2.18. The van der Waals surface area contributed by atoms with Crippen molar-refractivity contribution in [1.82, 2.24) is 9.88 Å². The smallest absolute Gasteiger partial charge is 0.0737 e. The predicted octanol–water partition coefficient (Wildman–Crippen LogP) is 4.42. The standard InChI is InChI=1S/C20H23ClN3/c1-24(15-16-6-2-3-7-16)13-5-4-11-22-19-10-12-23-20-14-17(21)8-9-18(19)20/h2-3,6-10,12,14H,4-5,11,13,15H2,1H3,(H,22,23). The van der Waals surface area contributed by atoms with E-state index in [4.69, 9.17) is 11.6 Å². The molecule has 0 spiro atoms. The van der Waals surface area contributed by atoms with Crippen LogP contribution in [0, 0.1) is 31.6 Å². The Morgan fingerprint density at radius 2 is 1.96 bits per heavy atom. The van der Waals surface area contributed by atoms with E-state index in [2.05, 4.69) is 47.9 Å². The lowest BCUT2D eigenvalue weighted by atomic mass is 10.1. The Morgan fingerprint density at radius 3 is 2.79 bits per heavy atom. The zero-order valence-electron chi connectivity index (χ0n) is 14.0. The number of hydrogen-bond acceptors (Lipinski definition) is 3. The van der Waals surface area contributed by atoms with Crippen LogP contribution in [0.2, 0.25) is 5.02 Å². The van der Waals surface area contributed by atoms with Crippen molar-refractivity contribution in [2.75, 3.05) is 32.0 Å². The van der Waals surface area contributed by atoms with E-state index in [1.54, 1.807) is 0 Å². The number of pyridine rings is 1. The zero-order valence-corrected chi connectivity index (χ0v) is 14.8. The molecule has 0 aliphatic heterocycles. The fraction of sp³-hybridized carbons (Fsp3) is 0.300. The van der Waals surface area contributed by atoms with Crippen molar-refractivity contribution in [3.63, 3.8) is 0 Å². The van der Waals surface area contributed by atoms with Crippen LogP contribution in [-0.2, 0) is 0 Å². The maximum atomic E-state index is 6.03. The molecule has 0 atom stereocenters. The first kappa shape index (κ1) is 17.5. The van der Waals surface area contributed by atoms with Gasteiger partial charge in [0, 0.05) is 35.4 Å². The molecule has 1 aromatic carbocycles. The Hall–Kier alpha value is -1.32. The quantitative estimate of drug-likeness (QED) is 0.721. The third-order valence-electron chi connectivity index (χ3n) is 4.17. The molecule has 5 radical (unpaired) electrons. The van der Waals surface area contributed by atoms with Crippen LogP contribution in [0.5, 0.6) is 0 Å². The topological polar surface area (TPSA) is 28.2 Å². The molecule has 0 unspecified atom stereocenters. The van der Waals surface area contributed by atoms with Crippen LogP contribution in [0.15, 0.2) is 30.5 Å². The van der Waals surface area contributed by atoms with E-state index < -0.39 is 0 Å². The molecule has 3 rings (SSSR count). The van der Waals surface area contributed by atoms with Crippen LogP contribution in [0.25, 0.3) is 10.9 Å². The number of hydrogen-bond donors (Lipinski definition) is 1. The van der Waals surface area contributed by atoms with E-state index in [9.17, 15) is 0 Å². The van der Waals surface area contributed by atoms with Crippen molar-refractivity contribution in [2.45, 2.75) is 12.8 Å². The molecule has 1 aliphatic rings. The highest BCUT2D eigenvalue weighted by molar-refractivity contribution is 6.31. The first-order valence-electron chi connectivity index (χ1n) is 8.39. The minimum Gasteiger partial charge on any atom is -0.384 e. The fourth-order valence-corrected chi connectivity index (χ4v) is 3.08. The lowest BCUT2D eigenvalue weighted by Crippen LogP contribution is -2.25. The summed E-state index contributed by atoms with van der Waals surface area (Å²) in [5.74, 6) is 1.39. The number of nitrogens with one attached hydrogen (secondary N) is 1. The van der Waals surface area contributed by atoms with E-state index in [1.165, 1.54) is 12.3 Å². The van der Waals surface area contributed by atoms with Crippen LogP contribution in [0.4, 0.5) is 5.69 Å². The molecule has 1 heterocycles. The summed E-state index contributed by atoms with van der Waals surface area (Å²) < 4.78 is 0. The van der Waals surface area contributed by atoms with Gasteiger partial charge in [-0.15, -0.1) is 0 Å². The summed E-state index contributed by atoms with van der Waals surface area (Å²) in [4.78, 5) is 6.75. The van der Waals surface area contributed by atoms with Crippen molar-refractivity contribution in [3.8, 4) is 0 Å². The SMILES string of the molecule is CN(CCCCNc1ccnc2cc(Cl)ccc12)C[C]1[CH][CH][CH][CH]1. The second kappa shape index (κ2) is 8.68. The zero-order chi connectivity index (χ0) is 16.8. The van der Waals surface area contributed by atoms with Gasteiger partial charge < -0.3 is 10.2 Å². The van der Waals surface area contributed by atoms with Crippen molar-refractivity contribution in [1.29, 1.82) is 0 Å². The second-order valence-corrected chi connectivity index (χ2v) is 6.62. The highest BCUT2D eigenvalue weighted by atomic mass is 35.5. The van der Waals surface area contributed by atoms with Crippen LogP contribution in [0.3, 0.4) is 0 Å². The number of fused-ring (bicyclic) bond motifs is 1. The van der Waals surface area contributed by atoms with Gasteiger partial charge in [0.1, 0.15) is 0 Å². The third kappa shape index (κ3) is 4.84. The predicted molar refractivity (Wildman–Crippen MR) is 102 cm³/mol. The van der Waals surface area contributed by atoms with Crippen molar-refractivity contribution >= 4 is 28.2 Å². The summed E-state index contributed by atoms with van der Waals surface area (Å²) in [5, 5.41) is 5.37. The Bertz CT molecular complexity index is 652. The van der Waals surface area contributed by atoms with Crippen molar-refractivity contribution in [3.05, 3.63) is 67.1 Å². The van der Waals surface area contributed by atoms with Crippen LogP contribution in [0.1, 0.15) is 12.8 Å². The van der Waals surface area contributed by atoms with E-state index in [0.29, 0.717) is 0 Å². The number of nitrogens with zero attached hydrogens (tertiary/aromatic N) is 2. The third-order valence-corrected chi connectivity index (χ3v) is 4.41. The number of anilines is 1. The van der Waals surface area contributed by atoms with Gasteiger partial charge in [-0.05, 0) is 82.3 Å². The summed E-state index contributed by atoms with van der Waals surface area (Å²) in [5.41, 5.74) is 2.06. The molecule has 1 aromatic heterocycles. The van der Waals surface area contributed by atoms with Gasteiger partial charge in [-0.1, -0.05) is 11.6 Å².